The Bertz CT molecular complexity index is 203. The largest absolute Gasteiger partial charge is 0.357 e. The van der Waals surface area contributed by atoms with Gasteiger partial charge in [-0.25, -0.2) is 0 Å². The van der Waals surface area contributed by atoms with Gasteiger partial charge in [-0.05, 0) is 25.7 Å². The summed E-state index contributed by atoms with van der Waals surface area (Å²) < 4.78 is 0. The maximum Gasteiger partial charge on any atom is 0.191 e. The zero-order valence-corrected chi connectivity index (χ0v) is 13.6. The Hall–Kier alpha value is 0. The highest BCUT2D eigenvalue weighted by molar-refractivity contribution is 14.0. The van der Waals surface area contributed by atoms with Crippen molar-refractivity contribution in [3.8, 4) is 0 Å². The second-order valence-electron chi connectivity index (χ2n) is 4.63. The van der Waals surface area contributed by atoms with Gasteiger partial charge >= 0.3 is 0 Å². The van der Waals surface area contributed by atoms with Crippen molar-refractivity contribution in [2.24, 2.45) is 10.9 Å². The monoisotopic (exact) mass is 353 g/mol. The number of nitrogens with one attached hydrogen (secondary N) is 2. The third-order valence-electron chi connectivity index (χ3n) is 2.92. The summed E-state index contributed by atoms with van der Waals surface area (Å²) in [6.07, 6.45) is 7.93. The molecule has 1 aliphatic rings. The predicted octanol–water partition coefficient (Wildman–Crippen LogP) is 3.15. The van der Waals surface area contributed by atoms with Crippen LogP contribution in [-0.4, -0.2) is 25.6 Å². The Morgan fingerprint density at radius 2 is 1.94 bits per heavy atom. The van der Waals surface area contributed by atoms with Crippen molar-refractivity contribution in [1.82, 2.24) is 10.6 Å². The highest BCUT2D eigenvalue weighted by Gasteiger charge is 2.20. The van der Waals surface area contributed by atoms with E-state index >= 15 is 0 Å². The molecule has 2 N–H and O–H groups in total. The van der Waals surface area contributed by atoms with Gasteiger partial charge in [0.05, 0.1) is 0 Å². The molecule has 0 radical (unpaired) electrons. The van der Waals surface area contributed by atoms with Crippen LogP contribution in [-0.2, 0) is 0 Å². The van der Waals surface area contributed by atoms with E-state index in [1.165, 1.54) is 38.5 Å². The number of rotatable bonds is 8. The number of halogens is 1. The second kappa shape index (κ2) is 11.1. The summed E-state index contributed by atoms with van der Waals surface area (Å²) in [5, 5.41) is 6.70. The summed E-state index contributed by atoms with van der Waals surface area (Å²) >= 11 is 0. The maximum absolute atomic E-state index is 4.56. The molecule has 1 rings (SSSR count). The van der Waals surface area contributed by atoms with E-state index in [1.54, 1.807) is 0 Å². The third-order valence-corrected chi connectivity index (χ3v) is 2.92. The first-order valence-electron chi connectivity index (χ1n) is 6.89. The lowest BCUT2D eigenvalue weighted by molar-refractivity contribution is 0.678. The maximum atomic E-state index is 4.56. The number of hydrogen-bond donors (Lipinski definition) is 2. The molecular weight excluding hydrogens is 325 g/mol. The molecule has 1 aliphatic carbocycles. The van der Waals surface area contributed by atoms with E-state index in [0.29, 0.717) is 0 Å². The molecule has 0 bridgehead atoms. The predicted molar refractivity (Wildman–Crippen MR) is 86.3 cm³/mol. The van der Waals surface area contributed by atoms with Gasteiger partial charge in [0.2, 0.25) is 0 Å². The highest BCUT2D eigenvalue weighted by Crippen LogP contribution is 2.31. The zero-order valence-electron chi connectivity index (χ0n) is 11.3. The molecule has 0 spiro atoms. The Labute approximate surface area is 123 Å². The first-order chi connectivity index (χ1) is 7.86. The smallest absolute Gasteiger partial charge is 0.191 e. The van der Waals surface area contributed by atoms with Crippen molar-refractivity contribution in [2.75, 3.05) is 19.6 Å². The van der Waals surface area contributed by atoms with Crippen LogP contribution in [0.2, 0.25) is 0 Å². The van der Waals surface area contributed by atoms with E-state index < -0.39 is 0 Å². The lowest BCUT2D eigenvalue weighted by atomic mass is 10.2. The number of aliphatic imine (C=N–C) groups is 1. The Morgan fingerprint density at radius 1 is 1.18 bits per heavy atom. The standard InChI is InChI=1S/C13H27N3.HI/c1-3-5-6-10-15-13(14-4-2)16-11-9-12-7-8-12;/h12H,3-11H2,1-2H3,(H2,14,15,16);1H. The van der Waals surface area contributed by atoms with Crippen LogP contribution in [0.5, 0.6) is 0 Å². The number of nitrogens with zero attached hydrogens (tertiary/aromatic N) is 1. The molecule has 1 fully saturated rings. The molecule has 0 aromatic carbocycles. The van der Waals surface area contributed by atoms with Crippen LogP contribution in [0.1, 0.15) is 52.4 Å². The van der Waals surface area contributed by atoms with Gasteiger partial charge in [-0.15, -0.1) is 24.0 Å². The molecule has 3 nitrogen and oxygen atoms in total. The highest BCUT2D eigenvalue weighted by atomic mass is 127. The van der Waals surface area contributed by atoms with E-state index in [4.69, 9.17) is 0 Å². The minimum atomic E-state index is 0. The Morgan fingerprint density at radius 3 is 2.53 bits per heavy atom. The number of unbranched alkanes of at least 4 members (excludes halogenated alkanes) is 2. The summed E-state index contributed by atoms with van der Waals surface area (Å²) in [6, 6.07) is 0. The Balaban J connectivity index is 0.00000256. The third kappa shape index (κ3) is 9.68. The molecule has 17 heavy (non-hydrogen) atoms. The van der Waals surface area contributed by atoms with Crippen LogP contribution in [0.3, 0.4) is 0 Å². The number of hydrogen-bond acceptors (Lipinski definition) is 1. The minimum absolute atomic E-state index is 0. The first kappa shape index (κ1) is 17.0. The Kier molecular flexibility index (Phi) is 11.1. The average Bonchev–Trinajstić information content (AvgIpc) is 3.08. The quantitative estimate of drug-likeness (QED) is 0.304. The van der Waals surface area contributed by atoms with E-state index in [2.05, 4.69) is 29.5 Å². The van der Waals surface area contributed by atoms with Gasteiger partial charge in [0.1, 0.15) is 0 Å². The number of guanidine groups is 1. The SMILES string of the molecule is CCCCCN=C(NCC)NCCC1CC1.I. The van der Waals surface area contributed by atoms with Gasteiger partial charge in [0.15, 0.2) is 5.96 Å². The van der Waals surface area contributed by atoms with Gasteiger partial charge in [-0.2, -0.15) is 0 Å². The molecule has 0 aromatic rings. The van der Waals surface area contributed by atoms with Gasteiger partial charge in [0.25, 0.3) is 0 Å². The van der Waals surface area contributed by atoms with Crippen molar-refractivity contribution in [3.63, 3.8) is 0 Å². The van der Waals surface area contributed by atoms with Gasteiger partial charge < -0.3 is 10.6 Å². The van der Waals surface area contributed by atoms with Crippen molar-refractivity contribution < 1.29 is 0 Å². The van der Waals surface area contributed by atoms with E-state index in [-0.39, 0.29) is 24.0 Å². The lowest BCUT2D eigenvalue weighted by Gasteiger charge is -2.10. The van der Waals surface area contributed by atoms with Crippen molar-refractivity contribution >= 4 is 29.9 Å². The van der Waals surface area contributed by atoms with Crippen LogP contribution >= 0.6 is 24.0 Å². The lowest BCUT2D eigenvalue weighted by Crippen LogP contribution is -2.38. The van der Waals surface area contributed by atoms with E-state index in [0.717, 1.165) is 31.5 Å². The minimum Gasteiger partial charge on any atom is -0.357 e. The van der Waals surface area contributed by atoms with Crippen LogP contribution in [0.15, 0.2) is 4.99 Å². The summed E-state index contributed by atoms with van der Waals surface area (Å²) in [7, 11) is 0. The van der Waals surface area contributed by atoms with Crippen molar-refractivity contribution in [2.45, 2.75) is 52.4 Å². The molecule has 0 amide bonds. The molecule has 0 aromatic heterocycles. The van der Waals surface area contributed by atoms with Crippen LogP contribution in [0, 0.1) is 5.92 Å². The summed E-state index contributed by atoms with van der Waals surface area (Å²) in [4.78, 5) is 4.56. The molecule has 102 valence electrons. The molecule has 4 heteroatoms. The first-order valence-corrected chi connectivity index (χ1v) is 6.89. The van der Waals surface area contributed by atoms with Crippen LogP contribution in [0.4, 0.5) is 0 Å². The molecule has 0 unspecified atom stereocenters. The molecule has 0 atom stereocenters. The average molecular weight is 353 g/mol. The van der Waals surface area contributed by atoms with Gasteiger partial charge in [-0.1, -0.05) is 32.6 Å². The topological polar surface area (TPSA) is 36.4 Å². The molecular formula is C13H28IN3. The summed E-state index contributed by atoms with van der Waals surface area (Å²) in [5.41, 5.74) is 0. The fourth-order valence-corrected chi connectivity index (χ4v) is 1.70. The van der Waals surface area contributed by atoms with Gasteiger partial charge in [0, 0.05) is 19.6 Å². The van der Waals surface area contributed by atoms with E-state index in [9.17, 15) is 0 Å². The van der Waals surface area contributed by atoms with Gasteiger partial charge in [-0.3, -0.25) is 4.99 Å². The second-order valence-corrected chi connectivity index (χ2v) is 4.63. The fourth-order valence-electron chi connectivity index (χ4n) is 1.70. The molecule has 0 aliphatic heterocycles. The zero-order chi connectivity index (χ0) is 11.6. The fraction of sp³-hybridized carbons (Fsp3) is 0.923. The molecule has 0 heterocycles. The van der Waals surface area contributed by atoms with Crippen LogP contribution < -0.4 is 10.6 Å². The normalized spacial score (nSPS) is 15.3. The molecule has 1 saturated carbocycles. The van der Waals surface area contributed by atoms with E-state index in [1.807, 2.05) is 0 Å². The van der Waals surface area contributed by atoms with Crippen molar-refractivity contribution in [3.05, 3.63) is 0 Å². The summed E-state index contributed by atoms with van der Waals surface area (Å²) in [6.45, 7) is 7.31. The van der Waals surface area contributed by atoms with Crippen LogP contribution in [0.25, 0.3) is 0 Å². The summed E-state index contributed by atoms with van der Waals surface area (Å²) in [5.74, 6) is 2.00. The molecule has 0 saturated heterocycles. The van der Waals surface area contributed by atoms with Crippen molar-refractivity contribution in [1.29, 1.82) is 0 Å².